The Hall–Kier alpha value is -1.26. The summed E-state index contributed by atoms with van der Waals surface area (Å²) in [5, 5.41) is 0. The predicted molar refractivity (Wildman–Crippen MR) is 70.1 cm³/mol. The summed E-state index contributed by atoms with van der Waals surface area (Å²) < 4.78 is 0.818. The van der Waals surface area contributed by atoms with Gasteiger partial charge in [-0.15, -0.1) is 11.3 Å². The van der Waals surface area contributed by atoms with Crippen LogP contribution in [0.15, 0.2) is 30.5 Å². The molecule has 0 radical (unpaired) electrons. The lowest BCUT2D eigenvalue weighted by molar-refractivity contribution is 0.935. The average molecular weight is 254 g/mol. The van der Waals surface area contributed by atoms with Crippen LogP contribution in [0, 0.1) is 0 Å². The van der Waals surface area contributed by atoms with Crippen molar-refractivity contribution in [1.82, 2.24) is 4.98 Å². The fourth-order valence-corrected chi connectivity index (χ4v) is 2.53. The summed E-state index contributed by atoms with van der Waals surface area (Å²) in [6.07, 6.45) is 1.77. The number of nitrogens with zero attached hydrogens (tertiary/aromatic N) is 2. The molecule has 5 heteroatoms. The van der Waals surface area contributed by atoms with Crippen LogP contribution >= 0.6 is 22.9 Å². The summed E-state index contributed by atoms with van der Waals surface area (Å²) in [6, 6.07) is 7.70. The zero-order valence-electron chi connectivity index (χ0n) is 8.85. The molecule has 2 aromatic rings. The first kappa shape index (κ1) is 11.2. The Labute approximate surface area is 103 Å². The second kappa shape index (κ2) is 4.72. The van der Waals surface area contributed by atoms with Crippen LogP contribution in [-0.2, 0) is 6.54 Å². The fraction of sp³-hybridized carbons (Fsp3) is 0.182. The summed E-state index contributed by atoms with van der Waals surface area (Å²) in [6.45, 7) is 0.822. The third kappa shape index (κ3) is 2.65. The third-order valence-corrected chi connectivity index (χ3v) is 3.45. The van der Waals surface area contributed by atoms with E-state index >= 15 is 0 Å². The molecule has 2 N–H and O–H groups in total. The first-order valence-corrected chi connectivity index (χ1v) is 6.01. The SMILES string of the molecule is CN(Cc1ccc(Cl)s1)c1ccc(N)nc1. The minimum atomic E-state index is 0.538. The number of aromatic nitrogens is 1. The molecule has 0 atom stereocenters. The minimum Gasteiger partial charge on any atom is -0.384 e. The molecule has 0 bridgehead atoms. The normalized spacial score (nSPS) is 10.4. The zero-order chi connectivity index (χ0) is 11.5. The van der Waals surface area contributed by atoms with Crippen LogP contribution in [0.4, 0.5) is 11.5 Å². The Morgan fingerprint density at radius 3 is 2.75 bits per heavy atom. The lowest BCUT2D eigenvalue weighted by atomic mass is 10.3. The van der Waals surface area contributed by atoms with Gasteiger partial charge in [0.1, 0.15) is 5.82 Å². The van der Waals surface area contributed by atoms with Crippen molar-refractivity contribution < 1.29 is 0 Å². The highest BCUT2D eigenvalue weighted by atomic mass is 35.5. The molecule has 3 nitrogen and oxygen atoms in total. The third-order valence-electron chi connectivity index (χ3n) is 2.23. The second-order valence-corrected chi connectivity index (χ2v) is 5.30. The molecule has 0 spiro atoms. The van der Waals surface area contributed by atoms with Gasteiger partial charge in [0.25, 0.3) is 0 Å². The number of rotatable bonds is 3. The zero-order valence-corrected chi connectivity index (χ0v) is 10.4. The molecule has 84 valence electrons. The first-order valence-electron chi connectivity index (χ1n) is 4.82. The van der Waals surface area contributed by atoms with Crippen LogP contribution in [0.1, 0.15) is 4.88 Å². The van der Waals surface area contributed by atoms with Crippen molar-refractivity contribution in [2.75, 3.05) is 17.7 Å². The minimum absolute atomic E-state index is 0.538. The van der Waals surface area contributed by atoms with Gasteiger partial charge in [-0.3, -0.25) is 0 Å². The molecule has 16 heavy (non-hydrogen) atoms. The van der Waals surface area contributed by atoms with Crippen molar-refractivity contribution in [2.24, 2.45) is 0 Å². The van der Waals surface area contributed by atoms with Crippen LogP contribution in [0.2, 0.25) is 4.34 Å². The Morgan fingerprint density at radius 2 is 2.19 bits per heavy atom. The monoisotopic (exact) mass is 253 g/mol. The van der Waals surface area contributed by atoms with Gasteiger partial charge in [-0.25, -0.2) is 4.98 Å². The largest absolute Gasteiger partial charge is 0.384 e. The Bertz CT molecular complexity index is 466. The first-order chi connectivity index (χ1) is 7.65. The lowest BCUT2D eigenvalue weighted by Crippen LogP contribution is -2.15. The molecule has 0 aliphatic carbocycles. The second-order valence-electron chi connectivity index (χ2n) is 3.50. The number of nitrogens with two attached hydrogens (primary N) is 1. The van der Waals surface area contributed by atoms with Gasteiger partial charge in [0.15, 0.2) is 0 Å². The maximum atomic E-state index is 5.88. The van der Waals surface area contributed by atoms with Crippen molar-refractivity contribution in [3.05, 3.63) is 39.7 Å². The topological polar surface area (TPSA) is 42.1 Å². The van der Waals surface area contributed by atoms with E-state index in [9.17, 15) is 0 Å². The maximum absolute atomic E-state index is 5.88. The Kier molecular flexibility index (Phi) is 3.31. The molecule has 0 saturated carbocycles. The highest BCUT2D eigenvalue weighted by Crippen LogP contribution is 2.24. The molecule has 2 heterocycles. The van der Waals surface area contributed by atoms with E-state index in [2.05, 4.69) is 9.88 Å². The summed E-state index contributed by atoms with van der Waals surface area (Å²) in [7, 11) is 2.01. The summed E-state index contributed by atoms with van der Waals surface area (Å²) in [5.74, 6) is 0.538. The maximum Gasteiger partial charge on any atom is 0.123 e. The molecular formula is C11H12ClN3S. The molecule has 2 rings (SSSR count). The van der Waals surface area contributed by atoms with Crippen LogP contribution < -0.4 is 10.6 Å². The van der Waals surface area contributed by atoms with E-state index in [0.717, 1.165) is 16.6 Å². The standard InChI is InChI=1S/C11H12ClN3S/c1-15(7-9-3-4-10(12)16-9)8-2-5-11(13)14-6-8/h2-6H,7H2,1H3,(H2,13,14). The number of hydrogen-bond donors (Lipinski definition) is 1. The van der Waals surface area contributed by atoms with Crippen LogP contribution in [0.25, 0.3) is 0 Å². The van der Waals surface area contributed by atoms with E-state index in [1.165, 1.54) is 4.88 Å². The number of anilines is 2. The van der Waals surface area contributed by atoms with Gasteiger partial charge in [-0.2, -0.15) is 0 Å². The lowest BCUT2D eigenvalue weighted by Gasteiger charge is -2.17. The van der Waals surface area contributed by atoms with Gasteiger partial charge in [0.2, 0.25) is 0 Å². The number of pyridine rings is 1. The van der Waals surface area contributed by atoms with E-state index in [0.29, 0.717) is 5.82 Å². The summed E-state index contributed by atoms with van der Waals surface area (Å²) in [4.78, 5) is 7.39. The van der Waals surface area contributed by atoms with Crippen molar-refractivity contribution in [3.63, 3.8) is 0 Å². The fourth-order valence-electron chi connectivity index (χ4n) is 1.39. The summed E-state index contributed by atoms with van der Waals surface area (Å²) >= 11 is 7.47. The molecule has 0 aliphatic heterocycles. The molecule has 0 unspecified atom stereocenters. The molecule has 0 aromatic carbocycles. The van der Waals surface area contributed by atoms with Gasteiger partial charge >= 0.3 is 0 Å². The number of hydrogen-bond acceptors (Lipinski definition) is 4. The van der Waals surface area contributed by atoms with Crippen molar-refractivity contribution in [2.45, 2.75) is 6.54 Å². The number of nitrogen functional groups attached to an aromatic ring is 1. The molecule has 0 aliphatic rings. The van der Waals surface area contributed by atoms with Crippen molar-refractivity contribution in [3.8, 4) is 0 Å². The van der Waals surface area contributed by atoms with E-state index in [1.54, 1.807) is 23.6 Å². The predicted octanol–water partition coefficient (Wildman–Crippen LogP) is 3.02. The average Bonchev–Trinajstić information content (AvgIpc) is 2.65. The van der Waals surface area contributed by atoms with Gasteiger partial charge in [0.05, 0.1) is 22.8 Å². The van der Waals surface area contributed by atoms with Crippen LogP contribution in [0.3, 0.4) is 0 Å². The van der Waals surface area contributed by atoms with Gasteiger partial charge < -0.3 is 10.6 Å². The highest BCUT2D eigenvalue weighted by molar-refractivity contribution is 7.16. The van der Waals surface area contributed by atoms with Gasteiger partial charge in [-0.1, -0.05) is 11.6 Å². The number of halogens is 1. The smallest absolute Gasteiger partial charge is 0.123 e. The van der Waals surface area contributed by atoms with Crippen LogP contribution in [0.5, 0.6) is 0 Å². The van der Waals surface area contributed by atoms with Gasteiger partial charge in [-0.05, 0) is 24.3 Å². The van der Waals surface area contributed by atoms with E-state index < -0.39 is 0 Å². The summed E-state index contributed by atoms with van der Waals surface area (Å²) in [5.41, 5.74) is 6.58. The van der Waals surface area contributed by atoms with Gasteiger partial charge in [0, 0.05) is 11.9 Å². The molecule has 2 aromatic heterocycles. The van der Waals surface area contributed by atoms with E-state index in [4.69, 9.17) is 17.3 Å². The Morgan fingerprint density at radius 1 is 1.38 bits per heavy atom. The Balaban J connectivity index is 2.08. The quantitative estimate of drug-likeness (QED) is 0.914. The van der Waals surface area contributed by atoms with E-state index in [-0.39, 0.29) is 0 Å². The van der Waals surface area contributed by atoms with Crippen LogP contribution in [-0.4, -0.2) is 12.0 Å². The van der Waals surface area contributed by atoms with Crippen molar-refractivity contribution >= 4 is 34.4 Å². The highest BCUT2D eigenvalue weighted by Gasteiger charge is 2.04. The molecule has 0 fully saturated rings. The van der Waals surface area contributed by atoms with E-state index in [1.807, 2.05) is 25.2 Å². The molecule has 0 saturated heterocycles. The number of thiophene rings is 1. The van der Waals surface area contributed by atoms with Crippen molar-refractivity contribution in [1.29, 1.82) is 0 Å². The molecule has 0 amide bonds. The molecular weight excluding hydrogens is 242 g/mol.